The number of benzene rings is 3. The van der Waals surface area contributed by atoms with Crippen molar-refractivity contribution in [2.24, 2.45) is 5.16 Å². The van der Waals surface area contributed by atoms with Gasteiger partial charge in [-0.1, -0.05) is 28.9 Å². The molecule has 2 aliphatic rings. The third-order valence-corrected chi connectivity index (χ3v) is 8.56. The molecule has 1 saturated carbocycles. The predicted octanol–water partition coefficient (Wildman–Crippen LogP) is 6.45. The van der Waals surface area contributed by atoms with Crippen molar-refractivity contribution in [3.8, 4) is 17.2 Å². The van der Waals surface area contributed by atoms with Gasteiger partial charge in [0.15, 0.2) is 0 Å². The summed E-state index contributed by atoms with van der Waals surface area (Å²) in [5, 5.41) is 26.4. The molecule has 3 aromatic rings. The van der Waals surface area contributed by atoms with Crippen molar-refractivity contribution >= 4 is 40.6 Å². The van der Waals surface area contributed by atoms with E-state index in [1.165, 1.54) is 44.1 Å². The molecular weight excluding hydrogens is 671 g/mol. The number of aliphatic hydroxyl groups is 1. The number of aliphatic carboxylic acids is 1. The molecule has 1 atom stereocenters. The van der Waals surface area contributed by atoms with E-state index in [4.69, 9.17) is 25.9 Å². The Labute approximate surface area is 285 Å². The Morgan fingerprint density at radius 3 is 2.45 bits per heavy atom. The van der Waals surface area contributed by atoms with Gasteiger partial charge in [0.05, 0.1) is 25.1 Å². The summed E-state index contributed by atoms with van der Waals surface area (Å²) in [6.45, 7) is 4.12. The molecule has 0 radical (unpaired) electrons. The van der Waals surface area contributed by atoms with E-state index < -0.39 is 35.6 Å². The number of aliphatic hydroxyl groups excluding tert-OH is 1. The number of halogens is 4. The lowest BCUT2D eigenvalue weighted by molar-refractivity contribution is -0.274. The fourth-order valence-corrected chi connectivity index (χ4v) is 5.70. The van der Waals surface area contributed by atoms with Crippen LogP contribution >= 0.6 is 11.6 Å². The van der Waals surface area contributed by atoms with Gasteiger partial charge in [-0.15, -0.1) is 13.2 Å². The number of hydrogen-bond donors (Lipinski definition) is 3. The molecular formula is C34H35ClF3N3O8. The summed E-state index contributed by atoms with van der Waals surface area (Å²) >= 11 is 6.28. The van der Waals surface area contributed by atoms with Gasteiger partial charge in [-0.2, -0.15) is 0 Å². The average molecular weight is 706 g/mol. The fraction of sp³-hybridized carbons (Fsp3) is 0.382. The van der Waals surface area contributed by atoms with Crippen LogP contribution in [0.25, 0.3) is 0 Å². The van der Waals surface area contributed by atoms with Crippen LogP contribution in [0.5, 0.6) is 17.2 Å². The van der Waals surface area contributed by atoms with Gasteiger partial charge in [0.25, 0.3) is 5.91 Å². The van der Waals surface area contributed by atoms with E-state index >= 15 is 0 Å². The molecule has 1 amide bonds. The van der Waals surface area contributed by atoms with Gasteiger partial charge < -0.3 is 39.5 Å². The van der Waals surface area contributed by atoms with Crippen LogP contribution in [0, 0.1) is 0 Å². The number of anilines is 2. The topological polar surface area (TPSA) is 139 Å². The van der Waals surface area contributed by atoms with Gasteiger partial charge in [0, 0.05) is 45.9 Å². The Bertz CT molecular complexity index is 1780. The van der Waals surface area contributed by atoms with Crippen LogP contribution in [0.3, 0.4) is 0 Å². The zero-order chi connectivity index (χ0) is 35.7. The number of nitrogens with zero attached hydrogens (tertiary/aromatic N) is 2. The lowest BCUT2D eigenvalue weighted by atomic mass is 9.99. The van der Waals surface area contributed by atoms with E-state index in [1.54, 1.807) is 43.3 Å². The summed E-state index contributed by atoms with van der Waals surface area (Å²) in [4.78, 5) is 33.0. The smallest absolute Gasteiger partial charge is 0.497 e. The second-order valence-electron chi connectivity index (χ2n) is 12.3. The molecule has 3 aromatic carbocycles. The maximum atomic E-state index is 14.7. The van der Waals surface area contributed by atoms with E-state index in [0.717, 1.165) is 18.4 Å². The van der Waals surface area contributed by atoms with Gasteiger partial charge in [-0.05, 0) is 69.5 Å². The number of carboxylic acid groups (broad SMARTS) is 1. The molecule has 5 rings (SSSR count). The van der Waals surface area contributed by atoms with Crippen molar-refractivity contribution in [2.45, 2.75) is 57.0 Å². The number of carbonyl (C=O) groups is 2. The van der Waals surface area contributed by atoms with E-state index in [1.807, 2.05) is 0 Å². The van der Waals surface area contributed by atoms with Crippen LogP contribution in [-0.2, 0) is 19.8 Å². The number of methoxy groups -OCH3 is 1. The third-order valence-electron chi connectivity index (χ3n) is 8.32. The van der Waals surface area contributed by atoms with Crippen LogP contribution in [0.2, 0.25) is 5.02 Å². The minimum absolute atomic E-state index is 0.103. The summed E-state index contributed by atoms with van der Waals surface area (Å²) in [5.74, 6) is -1.61. The molecule has 15 heteroatoms. The lowest BCUT2D eigenvalue weighted by Crippen LogP contribution is -2.38. The number of fused-ring (bicyclic) bond motifs is 2. The van der Waals surface area contributed by atoms with Crippen molar-refractivity contribution in [3.05, 3.63) is 76.3 Å². The van der Waals surface area contributed by atoms with Crippen molar-refractivity contribution in [3.63, 3.8) is 0 Å². The molecule has 3 N–H and O–H groups in total. The Morgan fingerprint density at radius 2 is 1.82 bits per heavy atom. The Balaban J connectivity index is 1.58. The van der Waals surface area contributed by atoms with Gasteiger partial charge >= 0.3 is 12.3 Å². The summed E-state index contributed by atoms with van der Waals surface area (Å²) in [6.07, 6.45) is -3.41. The maximum Gasteiger partial charge on any atom is 0.573 e. The first kappa shape index (κ1) is 35.6. The van der Waals surface area contributed by atoms with Crippen LogP contribution in [-0.4, -0.2) is 66.6 Å². The van der Waals surface area contributed by atoms with E-state index in [2.05, 4.69) is 15.2 Å². The Kier molecular flexibility index (Phi) is 9.94. The van der Waals surface area contributed by atoms with Crippen molar-refractivity contribution < 1.29 is 52.0 Å². The Hall–Kier alpha value is -4.69. The highest BCUT2D eigenvalue weighted by molar-refractivity contribution is 6.30. The third kappa shape index (κ3) is 7.97. The van der Waals surface area contributed by atoms with E-state index in [9.17, 15) is 33.0 Å². The highest BCUT2D eigenvalue weighted by Crippen LogP contribution is 2.57. The molecule has 0 saturated heterocycles. The lowest BCUT2D eigenvalue weighted by Gasteiger charge is -2.28. The minimum atomic E-state index is -4.93. The number of hydrogen-bond acceptors (Lipinski definition) is 9. The second-order valence-corrected chi connectivity index (χ2v) is 12.7. The van der Waals surface area contributed by atoms with Crippen molar-refractivity contribution in [1.82, 2.24) is 0 Å². The number of carbonyl (C=O) groups excluding carboxylic acids is 1. The molecule has 0 aromatic heterocycles. The maximum absolute atomic E-state index is 14.7. The largest absolute Gasteiger partial charge is 0.573 e. The first-order valence-corrected chi connectivity index (χ1v) is 15.6. The summed E-state index contributed by atoms with van der Waals surface area (Å²) in [6, 6.07) is 12.4. The number of rotatable bonds is 13. The molecule has 1 aliphatic carbocycles. The van der Waals surface area contributed by atoms with Crippen LogP contribution in [0.1, 0.15) is 56.3 Å². The van der Waals surface area contributed by atoms with E-state index in [-0.39, 0.29) is 30.9 Å². The molecule has 1 fully saturated rings. The van der Waals surface area contributed by atoms with Gasteiger partial charge in [0.2, 0.25) is 5.60 Å². The number of oxime groups is 1. The summed E-state index contributed by atoms with van der Waals surface area (Å²) < 4.78 is 55.0. The molecule has 11 nitrogen and oxygen atoms in total. The highest BCUT2D eigenvalue weighted by Gasteiger charge is 2.54. The van der Waals surface area contributed by atoms with Crippen molar-refractivity contribution in [2.75, 3.05) is 37.1 Å². The number of carboxylic acids is 1. The van der Waals surface area contributed by atoms with E-state index in [0.29, 0.717) is 39.0 Å². The summed E-state index contributed by atoms with van der Waals surface area (Å²) in [7, 11) is 1.44. The molecule has 1 unspecified atom stereocenters. The van der Waals surface area contributed by atoms with Crippen molar-refractivity contribution in [1.29, 1.82) is 0 Å². The van der Waals surface area contributed by atoms with Gasteiger partial charge in [0.1, 0.15) is 29.9 Å². The number of amides is 1. The molecule has 1 aliphatic heterocycles. The number of alkyl halides is 3. The number of ether oxygens (including phenoxy) is 3. The SMILES string of the molecule is COc1cc(NC(C(=O)N2CC3(CC3)c3ccc(OC(F)(F)F)cc32)c2ccc(Cl)cc2OCCO)cc(C(C)=NOC(C)(C)C(=O)O)c1. The quantitative estimate of drug-likeness (QED) is 0.135. The standard InChI is InChI=1S/C34H35ClF3N3O8/c1-19(40-49-32(2,3)31(44)45)20-13-22(16-24(14-20)46-4)39-29(25-7-5-21(35)15-28(25)47-12-11-42)30(43)41-18-33(9-10-33)26-8-6-23(17-27(26)41)48-34(36,37)38/h5-8,13-17,29,39,42H,9-12,18H2,1-4H3,(H,44,45). The normalized spacial score (nSPS) is 15.8. The zero-order valence-corrected chi connectivity index (χ0v) is 27.8. The predicted molar refractivity (Wildman–Crippen MR) is 175 cm³/mol. The molecule has 49 heavy (non-hydrogen) atoms. The highest BCUT2D eigenvalue weighted by atomic mass is 35.5. The van der Waals surface area contributed by atoms with Crippen LogP contribution in [0.4, 0.5) is 24.5 Å². The monoisotopic (exact) mass is 705 g/mol. The molecule has 0 bridgehead atoms. The van der Waals surface area contributed by atoms with Crippen LogP contribution in [0.15, 0.2) is 59.8 Å². The molecule has 262 valence electrons. The zero-order valence-electron chi connectivity index (χ0n) is 27.1. The first-order chi connectivity index (χ1) is 23.1. The summed E-state index contributed by atoms with van der Waals surface area (Å²) in [5.41, 5.74) is 0.551. The average Bonchev–Trinajstić information content (AvgIpc) is 3.76. The first-order valence-electron chi connectivity index (χ1n) is 15.2. The van der Waals surface area contributed by atoms with Gasteiger partial charge in [-0.3, -0.25) is 4.79 Å². The van der Waals surface area contributed by atoms with Gasteiger partial charge in [-0.25, -0.2) is 4.79 Å². The number of nitrogens with one attached hydrogen (secondary N) is 1. The molecule has 1 heterocycles. The second kappa shape index (κ2) is 13.7. The van der Waals surface area contributed by atoms with Crippen LogP contribution < -0.4 is 24.4 Å². The molecule has 1 spiro atoms. The fourth-order valence-electron chi connectivity index (χ4n) is 5.53. The minimum Gasteiger partial charge on any atom is -0.497 e. The Morgan fingerprint density at radius 1 is 1.08 bits per heavy atom.